The van der Waals surface area contributed by atoms with Crippen LogP contribution in [0.25, 0.3) is 0 Å². The molecule has 0 amide bonds. The maximum Gasteiger partial charge on any atom is 0.342 e. The molecule has 5 nitrogen and oxygen atoms in total. The molecule has 0 aromatic heterocycles. The molecule has 0 bridgehead atoms. The normalized spacial score (nSPS) is 33.9. The second-order valence-corrected chi connectivity index (χ2v) is 5.15. The largest absolute Gasteiger partial charge is 0.425 e. The van der Waals surface area contributed by atoms with E-state index in [9.17, 15) is 4.79 Å². The van der Waals surface area contributed by atoms with Crippen LogP contribution in [0.15, 0.2) is 24.3 Å². The molecule has 0 spiro atoms. The molecule has 6 heteroatoms. The Bertz CT molecular complexity index is 520. The number of cyclic esters (lactones) is 1. The lowest BCUT2D eigenvalue weighted by Gasteiger charge is -2.47. The molecule has 110 valence electrons. The SMILES string of the molecule is CO[C@]1(C)OC(=O)[C@H](c2ccccc2Cl)O[C@@]1(C)OC. The highest BCUT2D eigenvalue weighted by molar-refractivity contribution is 6.31. The van der Waals surface area contributed by atoms with Gasteiger partial charge >= 0.3 is 5.97 Å². The van der Waals surface area contributed by atoms with Gasteiger partial charge in [-0.2, -0.15) is 0 Å². The highest BCUT2D eigenvalue weighted by Crippen LogP contribution is 2.43. The van der Waals surface area contributed by atoms with Crippen molar-refractivity contribution in [2.45, 2.75) is 31.5 Å². The van der Waals surface area contributed by atoms with Crippen molar-refractivity contribution in [1.29, 1.82) is 0 Å². The van der Waals surface area contributed by atoms with E-state index >= 15 is 0 Å². The standard InChI is InChI=1S/C14H17ClO5/c1-13(17-3)14(2,18-4)20-12(16)11(19-13)9-7-5-6-8-10(9)15/h5-8,11H,1-4H3/t11-,13+,14+/m0/s1. The van der Waals surface area contributed by atoms with Crippen molar-refractivity contribution in [2.75, 3.05) is 14.2 Å². The highest BCUT2D eigenvalue weighted by Gasteiger charge is 2.58. The quantitative estimate of drug-likeness (QED) is 0.803. The van der Waals surface area contributed by atoms with Crippen molar-refractivity contribution in [1.82, 2.24) is 0 Å². The first kappa shape index (κ1) is 15.3. The number of carbonyl (C=O) groups excluding carboxylic acids is 1. The van der Waals surface area contributed by atoms with Gasteiger partial charge in [-0.05, 0) is 13.0 Å². The molecule has 20 heavy (non-hydrogen) atoms. The third-order valence-electron chi connectivity index (χ3n) is 3.64. The van der Waals surface area contributed by atoms with E-state index in [-0.39, 0.29) is 0 Å². The van der Waals surface area contributed by atoms with E-state index in [2.05, 4.69) is 0 Å². The molecule has 1 heterocycles. The zero-order valence-electron chi connectivity index (χ0n) is 11.8. The molecule has 0 saturated carbocycles. The minimum absolute atomic E-state index is 0.425. The van der Waals surface area contributed by atoms with Gasteiger partial charge in [0.2, 0.25) is 5.79 Å². The molecular formula is C14H17ClO5. The molecule has 1 aromatic carbocycles. The first-order valence-corrected chi connectivity index (χ1v) is 6.50. The van der Waals surface area contributed by atoms with Crippen molar-refractivity contribution in [3.05, 3.63) is 34.9 Å². The third kappa shape index (κ3) is 2.31. The van der Waals surface area contributed by atoms with E-state index in [1.165, 1.54) is 14.2 Å². The average Bonchev–Trinajstić information content (AvgIpc) is 2.44. The number of halogens is 1. The van der Waals surface area contributed by atoms with E-state index in [0.717, 1.165) is 0 Å². The van der Waals surface area contributed by atoms with Gasteiger partial charge < -0.3 is 18.9 Å². The topological polar surface area (TPSA) is 54.0 Å². The van der Waals surface area contributed by atoms with Crippen LogP contribution in [0.3, 0.4) is 0 Å². The number of methoxy groups -OCH3 is 2. The fourth-order valence-corrected chi connectivity index (χ4v) is 2.29. The lowest BCUT2D eigenvalue weighted by molar-refractivity contribution is -0.407. The lowest BCUT2D eigenvalue weighted by Crippen LogP contribution is -2.62. The second-order valence-electron chi connectivity index (χ2n) is 4.74. The minimum Gasteiger partial charge on any atom is -0.425 e. The van der Waals surface area contributed by atoms with E-state index in [4.69, 9.17) is 30.5 Å². The van der Waals surface area contributed by atoms with Gasteiger partial charge in [0.05, 0.1) is 0 Å². The van der Waals surface area contributed by atoms with Crippen LogP contribution < -0.4 is 0 Å². The summed E-state index contributed by atoms with van der Waals surface area (Å²) in [6, 6.07) is 6.93. The molecule has 2 rings (SSSR count). The number of hydrogen-bond acceptors (Lipinski definition) is 5. The molecular weight excluding hydrogens is 284 g/mol. The number of carbonyl (C=O) groups is 1. The molecule has 1 aliphatic heterocycles. The Labute approximate surface area is 122 Å². The van der Waals surface area contributed by atoms with Crippen LogP contribution in [0.1, 0.15) is 25.5 Å². The Kier molecular flexibility index (Phi) is 4.07. The summed E-state index contributed by atoms with van der Waals surface area (Å²) in [4.78, 5) is 12.2. The van der Waals surface area contributed by atoms with Crippen LogP contribution in [0.4, 0.5) is 0 Å². The smallest absolute Gasteiger partial charge is 0.342 e. The van der Waals surface area contributed by atoms with Gasteiger partial charge in [0, 0.05) is 31.7 Å². The van der Waals surface area contributed by atoms with Gasteiger partial charge in [-0.3, -0.25) is 0 Å². The van der Waals surface area contributed by atoms with E-state index in [1.54, 1.807) is 38.1 Å². The molecule has 1 aromatic rings. The van der Waals surface area contributed by atoms with Gasteiger partial charge in [0.25, 0.3) is 5.79 Å². The van der Waals surface area contributed by atoms with Crippen molar-refractivity contribution in [2.24, 2.45) is 0 Å². The Morgan fingerprint density at radius 3 is 2.30 bits per heavy atom. The summed E-state index contributed by atoms with van der Waals surface area (Å²) in [6.07, 6.45) is -0.961. The Morgan fingerprint density at radius 2 is 1.75 bits per heavy atom. The third-order valence-corrected chi connectivity index (χ3v) is 3.99. The zero-order valence-corrected chi connectivity index (χ0v) is 12.6. The molecule has 0 N–H and O–H groups in total. The van der Waals surface area contributed by atoms with Gasteiger partial charge in [0.1, 0.15) is 0 Å². The summed E-state index contributed by atoms with van der Waals surface area (Å²) in [5.41, 5.74) is 0.528. The van der Waals surface area contributed by atoms with Crippen LogP contribution in [-0.2, 0) is 23.7 Å². The average molecular weight is 301 g/mol. The van der Waals surface area contributed by atoms with Crippen LogP contribution in [0, 0.1) is 0 Å². The van der Waals surface area contributed by atoms with E-state index < -0.39 is 23.6 Å². The number of benzene rings is 1. The maximum atomic E-state index is 12.2. The van der Waals surface area contributed by atoms with E-state index in [0.29, 0.717) is 10.6 Å². The number of rotatable bonds is 3. The summed E-state index contributed by atoms with van der Waals surface area (Å²) in [5.74, 6) is -3.16. The maximum absolute atomic E-state index is 12.2. The minimum atomic E-state index is -1.34. The molecule has 0 radical (unpaired) electrons. The van der Waals surface area contributed by atoms with Crippen molar-refractivity contribution >= 4 is 17.6 Å². The van der Waals surface area contributed by atoms with E-state index in [1.807, 2.05) is 0 Å². The van der Waals surface area contributed by atoms with Crippen molar-refractivity contribution in [3.8, 4) is 0 Å². The van der Waals surface area contributed by atoms with Crippen molar-refractivity contribution < 1.29 is 23.7 Å². The van der Waals surface area contributed by atoms with Crippen molar-refractivity contribution in [3.63, 3.8) is 0 Å². The molecule has 1 aliphatic rings. The molecule has 0 aliphatic carbocycles. The van der Waals surface area contributed by atoms with Crippen LogP contribution >= 0.6 is 11.6 Å². The van der Waals surface area contributed by atoms with Gasteiger partial charge in [0.15, 0.2) is 6.10 Å². The van der Waals surface area contributed by atoms with Gasteiger partial charge in [-0.25, -0.2) is 4.79 Å². The molecule has 3 atom stereocenters. The monoisotopic (exact) mass is 300 g/mol. The van der Waals surface area contributed by atoms with Crippen LogP contribution in [0.2, 0.25) is 5.02 Å². The number of hydrogen-bond donors (Lipinski definition) is 0. The summed E-state index contributed by atoms with van der Waals surface area (Å²) in [7, 11) is 2.88. The Balaban J connectivity index is 2.40. The fourth-order valence-electron chi connectivity index (χ4n) is 2.06. The molecule has 1 saturated heterocycles. The second kappa shape index (κ2) is 5.33. The van der Waals surface area contributed by atoms with Gasteiger partial charge in [-0.1, -0.05) is 29.8 Å². The summed E-state index contributed by atoms with van der Waals surface area (Å²) < 4.78 is 21.8. The predicted molar refractivity (Wildman–Crippen MR) is 72.2 cm³/mol. The predicted octanol–water partition coefficient (Wildman–Crippen LogP) is 2.68. The molecule has 0 unspecified atom stereocenters. The summed E-state index contributed by atoms with van der Waals surface area (Å²) >= 11 is 6.10. The first-order valence-electron chi connectivity index (χ1n) is 6.12. The highest BCUT2D eigenvalue weighted by atomic mass is 35.5. The zero-order chi connectivity index (χ0) is 15.0. The van der Waals surface area contributed by atoms with Crippen LogP contribution in [0.5, 0.6) is 0 Å². The summed E-state index contributed by atoms with van der Waals surface area (Å²) in [6.45, 7) is 3.23. The Morgan fingerprint density at radius 1 is 1.15 bits per heavy atom. The fraction of sp³-hybridized carbons (Fsp3) is 0.500. The summed E-state index contributed by atoms with van der Waals surface area (Å²) in [5, 5.41) is 0.425. The number of ether oxygens (including phenoxy) is 4. The first-order chi connectivity index (χ1) is 9.37. The lowest BCUT2D eigenvalue weighted by atomic mass is 10.0. The molecule has 1 fully saturated rings. The van der Waals surface area contributed by atoms with Crippen LogP contribution in [-0.4, -0.2) is 31.8 Å². The number of esters is 1. The van der Waals surface area contributed by atoms with Gasteiger partial charge in [-0.15, -0.1) is 0 Å². The Hall–Kier alpha value is -1.14.